The van der Waals surface area contributed by atoms with Gasteiger partial charge in [0.15, 0.2) is 5.79 Å². The first-order valence-corrected chi connectivity index (χ1v) is 12.1. The SMILES string of the molecule is CCC(=C1CCN(C(C)(C)F)CC1)c1scc(C(=O)NCc2c(C)cc(C)[nH]c2=O)c1C. The summed E-state index contributed by atoms with van der Waals surface area (Å²) in [6, 6.07) is 1.91. The van der Waals surface area contributed by atoms with Crippen LogP contribution in [0.5, 0.6) is 0 Å². The molecule has 1 fully saturated rings. The third-order valence-corrected chi connectivity index (χ3v) is 7.52. The van der Waals surface area contributed by atoms with Gasteiger partial charge in [0.25, 0.3) is 11.5 Å². The van der Waals surface area contributed by atoms with Crippen LogP contribution < -0.4 is 10.9 Å². The molecule has 2 N–H and O–H groups in total. The lowest BCUT2D eigenvalue weighted by Gasteiger charge is -2.36. The summed E-state index contributed by atoms with van der Waals surface area (Å²) in [6.45, 7) is 12.7. The van der Waals surface area contributed by atoms with E-state index in [0.29, 0.717) is 24.2 Å². The average molecular weight is 460 g/mol. The Hall–Kier alpha value is -2.25. The number of alkyl halides is 1. The van der Waals surface area contributed by atoms with Gasteiger partial charge in [0.1, 0.15) is 0 Å². The molecule has 2 aromatic rings. The van der Waals surface area contributed by atoms with E-state index in [1.165, 1.54) is 11.1 Å². The van der Waals surface area contributed by atoms with Gasteiger partial charge in [-0.25, -0.2) is 4.39 Å². The van der Waals surface area contributed by atoms with E-state index in [0.717, 1.165) is 41.0 Å². The van der Waals surface area contributed by atoms with E-state index in [1.807, 2.05) is 37.1 Å². The third kappa shape index (κ3) is 5.21. The first-order chi connectivity index (χ1) is 15.0. The zero-order chi connectivity index (χ0) is 23.6. The molecule has 1 aliphatic heterocycles. The summed E-state index contributed by atoms with van der Waals surface area (Å²) in [7, 11) is 0. The van der Waals surface area contributed by atoms with E-state index in [1.54, 1.807) is 25.2 Å². The lowest BCUT2D eigenvalue weighted by atomic mass is 9.92. The van der Waals surface area contributed by atoms with Gasteiger partial charge in [0.2, 0.25) is 0 Å². The predicted molar refractivity (Wildman–Crippen MR) is 130 cm³/mol. The molecule has 1 aliphatic rings. The summed E-state index contributed by atoms with van der Waals surface area (Å²) >= 11 is 1.59. The second-order valence-corrected chi connectivity index (χ2v) is 9.94. The fourth-order valence-corrected chi connectivity index (χ4v) is 5.72. The number of hydrogen-bond donors (Lipinski definition) is 2. The standard InChI is InChI=1S/C25H34FN3O2S/c1-7-19(18-8-10-29(11-9-18)25(5,6)26)22-17(4)21(14-32-22)23(30)27-13-20-15(2)12-16(3)28-24(20)31/h12,14H,7-11,13H2,1-6H3,(H,27,30)(H,28,31). The number of hydrogen-bond acceptors (Lipinski definition) is 4. The van der Waals surface area contributed by atoms with Crippen molar-refractivity contribution in [2.75, 3.05) is 13.1 Å². The number of H-pyrrole nitrogens is 1. The van der Waals surface area contributed by atoms with Gasteiger partial charge in [-0.1, -0.05) is 12.5 Å². The smallest absolute Gasteiger partial charge is 0.253 e. The minimum absolute atomic E-state index is 0.161. The molecule has 2 aromatic heterocycles. The van der Waals surface area contributed by atoms with Crippen LogP contribution in [0.25, 0.3) is 5.57 Å². The highest BCUT2D eigenvalue weighted by Gasteiger charge is 2.29. The van der Waals surface area contributed by atoms with Crippen LogP contribution in [0.1, 0.15) is 77.7 Å². The Balaban J connectivity index is 1.77. The van der Waals surface area contributed by atoms with Gasteiger partial charge in [-0.2, -0.15) is 0 Å². The fourth-order valence-electron chi connectivity index (χ4n) is 4.48. The van der Waals surface area contributed by atoms with Gasteiger partial charge in [0, 0.05) is 41.1 Å². The minimum atomic E-state index is -1.29. The summed E-state index contributed by atoms with van der Waals surface area (Å²) in [6.07, 6.45) is 2.59. The van der Waals surface area contributed by atoms with E-state index in [-0.39, 0.29) is 18.0 Å². The number of aryl methyl sites for hydroxylation is 2. The number of likely N-dealkylation sites (tertiary alicyclic amines) is 1. The molecule has 0 spiro atoms. The largest absolute Gasteiger partial charge is 0.348 e. The molecule has 3 rings (SSSR count). The van der Waals surface area contributed by atoms with Crippen LogP contribution in [-0.2, 0) is 6.54 Å². The molecule has 0 aliphatic carbocycles. The van der Waals surface area contributed by atoms with Crippen molar-refractivity contribution < 1.29 is 9.18 Å². The number of thiophene rings is 1. The van der Waals surface area contributed by atoms with Crippen molar-refractivity contribution in [2.24, 2.45) is 0 Å². The number of aromatic amines is 1. The van der Waals surface area contributed by atoms with Crippen molar-refractivity contribution in [3.8, 4) is 0 Å². The Morgan fingerprint density at radius 1 is 1.25 bits per heavy atom. The monoisotopic (exact) mass is 459 g/mol. The maximum atomic E-state index is 14.3. The van der Waals surface area contributed by atoms with Gasteiger partial charge in [-0.3, -0.25) is 14.5 Å². The quantitative estimate of drug-likeness (QED) is 0.580. The lowest BCUT2D eigenvalue weighted by molar-refractivity contribution is -0.00696. The minimum Gasteiger partial charge on any atom is -0.348 e. The first kappa shape index (κ1) is 24.4. The van der Waals surface area contributed by atoms with Crippen LogP contribution in [0.15, 0.2) is 21.8 Å². The highest BCUT2D eigenvalue weighted by atomic mass is 32.1. The van der Waals surface area contributed by atoms with Crippen LogP contribution in [0.3, 0.4) is 0 Å². The first-order valence-electron chi connectivity index (χ1n) is 11.2. The summed E-state index contributed by atoms with van der Waals surface area (Å²) in [5.74, 6) is -1.46. The number of allylic oxidation sites excluding steroid dienone is 1. The lowest BCUT2D eigenvalue weighted by Crippen LogP contribution is -2.43. The molecule has 5 nitrogen and oxygen atoms in total. The van der Waals surface area contributed by atoms with E-state index < -0.39 is 5.79 Å². The van der Waals surface area contributed by atoms with Crippen LogP contribution in [0, 0.1) is 20.8 Å². The topological polar surface area (TPSA) is 65.2 Å². The van der Waals surface area contributed by atoms with Crippen molar-refractivity contribution in [1.82, 2.24) is 15.2 Å². The maximum absolute atomic E-state index is 14.3. The van der Waals surface area contributed by atoms with E-state index in [2.05, 4.69) is 17.2 Å². The molecule has 0 unspecified atom stereocenters. The van der Waals surface area contributed by atoms with E-state index in [4.69, 9.17) is 0 Å². The molecule has 0 bridgehead atoms. The Kier molecular flexibility index (Phi) is 7.40. The molecule has 0 atom stereocenters. The third-order valence-electron chi connectivity index (χ3n) is 6.38. The van der Waals surface area contributed by atoms with Crippen molar-refractivity contribution in [3.63, 3.8) is 0 Å². The number of carbonyl (C=O) groups is 1. The van der Waals surface area contributed by atoms with Gasteiger partial charge < -0.3 is 10.3 Å². The number of nitrogens with zero attached hydrogens (tertiary/aromatic N) is 1. The molecule has 0 radical (unpaired) electrons. The Morgan fingerprint density at radius 3 is 2.47 bits per heavy atom. The van der Waals surface area contributed by atoms with Crippen molar-refractivity contribution >= 4 is 22.8 Å². The molecule has 3 heterocycles. The average Bonchev–Trinajstić information content (AvgIpc) is 3.08. The van der Waals surface area contributed by atoms with Crippen LogP contribution >= 0.6 is 11.3 Å². The molecule has 7 heteroatoms. The van der Waals surface area contributed by atoms with Gasteiger partial charge in [0.05, 0.1) is 5.56 Å². The number of amides is 1. The van der Waals surface area contributed by atoms with Crippen LogP contribution in [-0.4, -0.2) is 34.7 Å². The molecular formula is C25H34FN3O2S. The Morgan fingerprint density at radius 2 is 1.91 bits per heavy atom. The maximum Gasteiger partial charge on any atom is 0.253 e. The number of aromatic nitrogens is 1. The van der Waals surface area contributed by atoms with E-state index in [9.17, 15) is 14.0 Å². The zero-order valence-electron chi connectivity index (χ0n) is 19.9. The number of rotatable bonds is 6. The number of halogens is 1. The fraction of sp³-hybridized carbons (Fsp3) is 0.520. The molecule has 174 valence electrons. The summed E-state index contributed by atoms with van der Waals surface area (Å²) in [5, 5.41) is 4.82. The van der Waals surface area contributed by atoms with Gasteiger partial charge in [-0.05, 0) is 76.6 Å². The molecule has 1 amide bonds. The summed E-state index contributed by atoms with van der Waals surface area (Å²) < 4.78 is 14.3. The van der Waals surface area contributed by atoms with Gasteiger partial charge in [-0.15, -0.1) is 11.3 Å². The van der Waals surface area contributed by atoms with Crippen molar-refractivity contribution in [1.29, 1.82) is 0 Å². The van der Waals surface area contributed by atoms with E-state index >= 15 is 0 Å². The molecular weight excluding hydrogens is 425 g/mol. The number of carbonyl (C=O) groups excluding carboxylic acids is 1. The number of pyridine rings is 1. The zero-order valence-corrected chi connectivity index (χ0v) is 20.8. The van der Waals surface area contributed by atoms with Gasteiger partial charge >= 0.3 is 0 Å². The molecule has 1 saturated heterocycles. The highest BCUT2D eigenvalue weighted by Crippen LogP contribution is 2.37. The summed E-state index contributed by atoms with van der Waals surface area (Å²) in [5.41, 5.74) is 6.37. The van der Waals surface area contributed by atoms with Crippen LogP contribution in [0.2, 0.25) is 0 Å². The normalized spacial score (nSPS) is 15.2. The molecule has 32 heavy (non-hydrogen) atoms. The second kappa shape index (κ2) is 9.71. The second-order valence-electron chi connectivity index (χ2n) is 9.06. The predicted octanol–water partition coefficient (Wildman–Crippen LogP) is 5.26. The summed E-state index contributed by atoms with van der Waals surface area (Å²) in [4.78, 5) is 31.0. The van der Waals surface area contributed by atoms with Crippen molar-refractivity contribution in [2.45, 2.75) is 73.1 Å². The number of nitrogens with one attached hydrogen (secondary N) is 2. The Bertz CT molecular complexity index is 1080. The number of piperidine rings is 1. The highest BCUT2D eigenvalue weighted by molar-refractivity contribution is 7.11. The molecule has 0 aromatic carbocycles. The Labute approximate surface area is 193 Å². The molecule has 0 saturated carbocycles. The van der Waals surface area contributed by atoms with Crippen molar-refractivity contribution in [3.05, 3.63) is 60.2 Å². The van der Waals surface area contributed by atoms with Crippen LogP contribution in [0.4, 0.5) is 4.39 Å².